The number of nitrogens with one attached hydrogen (secondary N) is 3. The van der Waals surface area contributed by atoms with Gasteiger partial charge in [0.05, 0.1) is 17.9 Å². The summed E-state index contributed by atoms with van der Waals surface area (Å²) < 4.78 is 12.5. The second-order valence-corrected chi connectivity index (χ2v) is 13.5. The number of aromatic nitrogens is 4. The van der Waals surface area contributed by atoms with Crippen LogP contribution in [0.15, 0.2) is 48.8 Å². The zero-order valence-electron chi connectivity index (χ0n) is 28.6. The number of carbonyl (C=O) groups excluding carboxylic acids is 2. The Hall–Kier alpha value is -4.60. The lowest BCUT2D eigenvalue weighted by atomic mass is 10.0. The second-order valence-electron chi connectivity index (χ2n) is 13.5. The van der Waals surface area contributed by atoms with Crippen molar-refractivity contribution in [3.8, 4) is 45.8 Å². The standard InChI is InChI=1S/C38H48N6O4/c1-5-24(3)18-35(45)39-16-8-7-10-28-22-40-37(42-28)26-12-14-31-33(20-26)47-32-15-13-27(21-34(32)48-31)38-41-23-29(43-38)30-11-9-17-44(30)36(46)19-25(4)6-2/h12-15,20-25,30H,5-11,16-19H2,1-4H3,(H,39,45)(H,40,42)(H,41,43)/t24?,25?,30-/m0/s1. The molecule has 0 bridgehead atoms. The number of hydrogen-bond donors (Lipinski definition) is 3. The lowest BCUT2D eigenvalue weighted by molar-refractivity contribution is -0.133. The Labute approximate surface area is 283 Å². The number of aryl methyl sites for hydroxylation is 1. The first-order valence-corrected chi connectivity index (χ1v) is 17.6. The number of H-pyrrole nitrogens is 2. The minimum Gasteiger partial charge on any atom is -0.449 e. The number of imidazole rings is 2. The minimum absolute atomic E-state index is 0.0322. The van der Waals surface area contributed by atoms with Crippen LogP contribution in [0.3, 0.4) is 0 Å². The maximum atomic E-state index is 13.0. The van der Waals surface area contributed by atoms with Crippen LogP contribution in [0.1, 0.15) is 96.5 Å². The second kappa shape index (κ2) is 15.1. The van der Waals surface area contributed by atoms with Crippen molar-refractivity contribution in [2.45, 2.75) is 91.5 Å². The zero-order chi connectivity index (χ0) is 33.6. The molecule has 254 valence electrons. The van der Waals surface area contributed by atoms with Crippen molar-refractivity contribution in [2.24, 2.45) is 11.8 Å². The van der Waals surface area contributed by atoms with Crippen LogP contribution in [0.5, 0.6) is 23.0 Å². The first kappa shape index (κ1) is 33.3. The number of ether oxygens (including phenoxy) is 2. The van der Waals surface area contributed by atoms with Crippen LogP contribution < -0.4 is 14.8 Å². The van der Waals surface area contributed by atoms with Crippen LogP contribution in [0, 0.1) is 11.8 Å². The molecule has 2 amide bonds. The molecule has 2 unspecified atom stereocenters. The van der Waals surface area contributed by atoms with Crippen LogP contribution in [-0.2, 0) is 16.0 Å². The van der Waals surface area contributed by atoms with E-state index in [1.165, 1.54) is 0 Å². The Kier molecular flexibility index (Phi) is 10.5. The van der Waals surface area contributed by atoms with Crippen molar-refractivity contribution in [3.05, 3.63) is 60.2 Å². The van der Waals surface area contributed by atoms with Gasteiger partial charge in [0.25, 0.3) is 0 Å². The van der Waals surface area contributed by atoms with Crippen molar-refractivity contribution in [3.63, 3.8) is 0 Å². The summed E-state index contributed by atoms with van der Waals surface area (Å²) in [5.41, 5.74) is 3.82. The number of hydrogen-bond acceptors (Lipinski definition) is 6. The van der Waals surface area contributed by atoms with Gasteiger partial charge < -0.3 is 29.7 Å². The lowest BCUT2D eigenvalue weighted by Crippen LogP contribution is -2.31. The summed E-state index contributed by atoms with van der Waals surface area (Å²) in [5.74, 6) is 5.19. The number of nitrogens with zero attached hydrogens (tertiary/aromatic N) is 3. The van der Waals surface area contributed by atoms with E-state index in [2.05, 4.69) is 52.9 Å². The highest BCUT2D eigenvalue weighted by Gasteiger charge is 2.32. The van der Waals surface area contributed by atoms with E-state index in [1.54, 1.807) is 0 Å². The van der Waals surface area contributed by atoms with Gasteiger partial charge in [-0.05, 0) is 80.3 Å². The molecule has 2 aromatic heterocycles. The van der Waals surface area contributed by atoms with E-state index in [-0.39, 0.29) is 17.9 Å². The molecule has 6 rings (SSSR count). The molecule has 4 aromatic rings. The highest BCUT2D eigenvalue weighted by Crippen LogP contribution is 2.47. The number of benzene rings is 2. The fraction of sp³-hybridized carbons (Fsp3) is 0.474. The molecule has 2 aromatic carbocycles. The summed E-state index contributed by atoms with van der Waals surface area (Å²) in [6.07, 6.45) is 11.6. The zero-order valence-corrected chi connectivity index (χ0v) is 28.6. The van der Waals surface area contributed by atoms with Crippen LogP contribution in [0.4, 0.5) is 0 Å². The third-order valence-corrected chi connectivity index (χ3v) is 9.68. The highest BCUT2D eigenvalue weighted by atomic mass is 16.6. The van der Waals surface area contributed by atoms with Gasteiger partial charge in [-0.1, -0.05) is 40.5 Å². The van der Waals surface area contributed by atoms with Crippen LogP contribution in [0.25, 0.3) is 22.8 Å². The number of unbranched alkanes of at least 4 members (excludes halogenated alkanes) is 1. The van der Waals surface area contributed by atoms with Crippen molar-refractivity contribution in [1.82, 2.24) is 30.2 Å². The lowest BCUT2D eigenvalue weighted by Gasteiger charge is -2.25. The van der Waals surface area contributed by atoms with Gasteiger partial charge in [-0.15, -0.1) is 0 Å². The largest absolute Gasteiger partial charge is 0.449 e. The number of fused-ring (bicyclic) bond motifs is 2. The van der Waals surface area contributed by atoms with E-state index in [1.807, 2.05) is 53.7 Å². The summed E-state index contributed by atoms with van der Waals surface area (Å²) in [5, 5.41) is 3.03. The Balaban J connectivity index is 1.05. The predicted molar refractivity (Wildman–Crippen MR) is 186 cm³/mol. The Morgan fingerprint density at radius 1 is 0.875 bits per heavy atom. The normalized spacial score (nSPS) is 16.4. The third-order valence-electron chi connectivity index (χ3n) is 9.68. The van der Waals surface area contributed by atoms with Gasteiger partial charge >= 0.3 is 0 Å². The van der Waals surface area contributed by atoms with Gasteiger partial charge in [0.1, 0.15) is 11.6 Å². The van der Waals surface area contributed by atoms with E-state index in [4.69, 9.17) is 9.47 Å². The molecule has 1 saturated heterocycles. The van der Waals surface area contributed by atoms with Crippen LogP contribution in [-0.4, -0.2) is 49.7 Å². The minimum atomic E-state index is 0.0322. The van der Waals surface area contributed by atoms with E-state index in [9.17, 15) is 9.59 Å². The van der Waals surface area contributed by atoms with Gasteiger partial charge in [0, 0.05) is 48.9 Å². The van der Waals surface area contributed by atoms with Crippen LogP contribution in [0.2, 0.25) is 0 Å². The number of aromatic amines is 2. The Morgan fingerprint density at radius 3 is 2.21 bits per heavy atom. The van der Waals surface area contributed by atoms with E-state index < -0.39 is 0 Å². The quantitative estimate of drug-likeness (QED) is 0.104. The van der Waals surface area contributed by atoms with Gasteiger partial charge in [0.2, 0.25) is 11.8 Å². The maximum absolute atomic E-state index is 13.0. The van der Waals surface area contributed by atoms with E-state index >= 15 is 0 Å². The van der Waals surface area contributed by atoms with Gasteiger partial charge in [-0.3, -0.25) is 9.59 Å². The summed E-state index contributed by atoms with van der Waals surface area (Å²) in [6, 6.07) is 11.7. The molecule has 0 radical (unpaired) electrons. The molecule has 2 aliphatic heterocycles. The molecule has 48 heavy (non-hydrogen) atoms. The molecule has 3 N–H and O–H groups in total. The molecule has 0 saturated carbocycles. The molecule has 2 aliphatic rings. The molecular weight excluding hydrogens is 604 g/mol. The first-order valence-electron chi connectivity index (χ1n) is 17.6. The van der Waals surface area contributed by atoms with Gasteiger partial charge in [-0.25, -0.2) is 9.97 Å². The first-order chi connectivity index (χ1) is 23.3. The van der Waals surface area contributed by atoms with E-state index in [0.717, 1.165) is 85.7 Å². The predicted octanol–water partition coefficient (Wildman–Crippen LogP) is 8.34. The monoisotopic (exact) mass is 652 g/mol. The summed E-state index contributed by atoms with van der Waals surface area (Å²) in [4.78, 5) is 43.2. The smallest absolute Gasteiger partial charge is 0.223 e. The number of likely N-dealkylation sites (tertiary alicyclic amines) is 1. The Bertz CT molecular complexity index is 1730. The average Bonchev–Trinajstić information content (AvgIpc) is 3.88. The average molecular weight is 653 g/mol. The number of rotatable bonds is 14. The molecule has 1 fully saturated rings. The van der Waals surface area contributed by atoms with Crippen molar-refractivity contribution in [1.29, 1.82) is 0 Å². The van der Waals surface area contributed by atoms with Crippen molar-refractivity contribution < 1.29 is 19.1 Å². The van der Waals surface area contributed by atoms with E-state index in [0.29, 0.717) is 54.2 Å². The highest BCUT2D eigenvalue weighted by molar-refractivity contribution is 5.77. The Morgan fingerprint density at radius 2 is 1.52 bits per heavy atom. The fourth-order valence-corrected chi connectivity index (χ4v) is 6.31. The number of carbonyl (C=O) groups is 2. The molecule has 10 nitrogen and oxygen atoms in total. The SMILES string of the molecule is CCC(C)CC(=O)NCCCCc1cnc(-c2ccc3c(c2)Oc2ccc(-c4ncc([C@@H]5CCCN5C(=O)CC(C)CC)[nH]4)cc2O3)[nH]1. The number of amides is 2. The summed E-state index contributed by atoms with van der Waals surface area (Å²) in [6.45, 7) is 9.97. The summed E-state index contributed by atoms with van der Waals surface area (Å²) >= 11 is 0. The van der Waals surface area contributed by atoms with Gasteiger partial charge in [-0.2, -0.15) is 0 Å². The van der Waals surface area contributed by atoms with Crippen molar-refractivity contribution in [2.75, 3.05) is 13.1 Å². The fourth-order valence-electron chi connectivity index (χ4n) is 6.31. The third kappa shape index (κ3) is 7.75. The maximum Gasteiger partial charge on any atom is 0.223 e. The van der Waals surface area contributed by atoms with Crippen LogP contribution >= 0.6 is 0 Å². The molecular formula is C38H48N6O4. The molecule has 0 aliphatic carbocycles. The molecule has 10 heteroatoms. The molecule has 0 spiro atoms. The molecule has 3 atom stereocenters. The van der Waals surface area contributed by atoms with Gasteiger partial charge in [0.15, 0.2) is 23.0 Å². The van der Waals surface area contributed by atoms with Crippen molar-refractivity contribution >= 4 is 11.8 Å². The topological polar surface area (TPSA) is 125 Å². The summed E-state index contributed by atoms with van der Waals surface area (Å²) in [7, 11) is 0. The molecule has 4 heterocycles.